The summed E-state index contributed by atoms with van der Waals surface area (Å²) in [5.41, 5.74) is 3.02. The summed E-state index contributed by atoms with van der Waals surface area (Å²) >= 11 is 0. The van der Waals surface area contributed by atoms with Gasteiger partial charge in [-0.05, 0) is 13.0 Å². The van der Waals surface area contributed by atoms with Gasteiger partial charge in [0, 0.05) is 44.1 Å². The normalized spacial score (nSPS) is 14.6. The lowest BCUT2D eigenvalue weighted by Gasteiger charge is -2.36. The molecular formula is C21H20FN7. The minimum Gasteiger partial charge on any atom is -0.351 e. The first kappa shape index (κ1) is 17.5. The standard InChI is InChI=1S/C21H20FN7/c1-15-13-17-20(23-7-8-29(17)26-15)27-9-11-28(12-10-27)21-18(22)19(24-14-25-21)16-5-3-2-4-6-16/h2-8,13-14H,9-12H2,1H3. The molecule has 7 nitrogen and oxygen atoms in total. The first-order chi connectivity index (χ1) is 14.2. The topological polar surface area (TPSA) is 62.5 Å². The molecule has 0 N–H and O–H groups in total. The van der Waals surface area contributed by atoms with Crippen LogP contribution >= 0.6 is 0 Å². The van der Waals surface area contributed by atoms with E-state index in [0.29, 0.717) is 24.6 Å². The molecule has 0 saturated carbocycles. The molecule has 0 unspecified atom stereocenters. The number of aryl methyl sites for hydroxylation is 1. The fourth-order valence-corrected chi connectivity index (χ4v) is 3.78. The van der Waals surface area contributed by atoms with Crippen LogP contribution in [0.4, 0.5) is 16.0 Å². The number of aromatic nitrogens is 5. The molecule has 0 radical (unpaired) electrons. The van der Waals surface area contributed by atoms with Crippen LogP contribution in [-0.2, 0) is 0 Å². The number of nitrogens with zero attached hydrogens (tertiary/aromatic N) is 7. The van der Waals surface area contributed by atoms with Gasteiger partial charge in [-0.3, -0.25) is 0 Å². The number of benzene rings is 1. The Kier molecular flexibility index (Phi) is 4.31. The second kappa shape index (κ2) is 7.12. The van der Waals surface area contributed by atoms with E-state index < -0.39 is 0 Å². The van der Waals surface area contributed by atoms with Crippen molar-refractivity contribution in [2.24, 2.45) is 0 Å². The number of rotatable bonds is 3. The second-order valence-electron chi connectivity index (χ2n) is 7.07. The lowest BCUT2D eigenvalue weighted by atomic mass is 10.1. The van der Waals surface area contributed by atoms with Gasteiger partial charge in [0.1, 0.15) is 17.5 Å². The van der Waals surface area contributed by atoms with Crippen molar-refractivity contribution in [2.45, 2.75) is 6.92 Å². The first-order valence-electron chi connectivity index (χ1n) is 9.57. The summed E-state index contributed by atoms with van der Waals surface area (Å²) in [7, 11) is 0. The summed E-state index contributed by atoms with van der Waals surface area (Å²) in [5.74, 6) is 0.879. The van der Waals surface area contributed by atoms with E-state index in [1.54, 1.807) is 6.20 Å². The molecule has 0 bridgehead atoms. The van der Waals surface area contributed by atoms with Crippen LogP contribution in [0.2, 0.25) is 0 Å². The number of hydrogen-bond donors (Lipinski definition) is 0. The molecule has 3 aromatic heterocycles. The van der Waals surface area contributed by atoms with Crippen LogP contribution in [0.5, 0.6) is 0 Å². The lowest BCUT2D eigenvalue weighted by molar-refractivity contribution is 0.584. The SMILES string of the molecule is Cc1cc2c(N3CCN(c4ncnc(-c5ccccc5)c4F)CC3)nccn2n1. The highest BCUT2D eigenvalue weighted by Gasteiger charge is 2.24. The summed E-state index contributed by atoms with van der Waals surface area (Å²) in [6.45, 7) is 4.72. The fourth-order valence-electron chi connectivity index (χ4n) is 3.78. The zero-order valence-electron chi connectivity index (χ0n) is 16.0. The van der Waals surface area contributed by atoms with Gasteiger partial charge in [0.2, 0.25) is 0 Å². The molecule has 4 heterocycles. The Hall–Kier alpha value is -3.55. The smallest absolute Gasteiger partial charge is 0.191 e. The predicted octanol–water partition coefficient (Wildman–Crippen LogP) is 2.96. The molecule has 0 spiro atoms. The largest absolute Gasteiger partial charge is 0.351 e. The van der Waals surface area contributed by atoms with Gasteiger partial charge in [-0.25, -0.2) is 23.9 Å². The lowest BCUT2D eigenvalue weighted by Crippen LogP contribution is -2.47. The van der Waals surface area contributed by atoms with Gasteiger partial charge in [-0.1, -0.05) is 30.3 Å². The molecular weight excluding hydrogens is 369 g/mol. The fraction of sp³-hybridized carbons (Fsp3) is 0.238. The average Bonchev–Trinajstić information content (AvgIpc) is 3.15. The Balaban J connectivity index is 1.38. The first-order valence-corrected chi connectivity index (χ1v) is 9.57. The molecule has 146 valence electrons. The van der Waals surface area contributed by atoms with Crippen LogP contribution in [0.1, 0.15) is 5.69 Å². The van der Waals surface area contributed by atoms with E-state index in [1.165, 1.54) is 6.33 Å². The van der Waals surface area contributed by atoms with E-state index in [-0.39, 0.29) is 5.82 Å². The summed E-state index contributed by atoms with van der Waals surface area (Å²) in [6.07, 6.45) is 5.05. The number of fused-ring (bicyclic) bond motifs is 1. The van der Waals surface area contributed by atoms with Crippen molar-refractivity contribution in [3.8, 4) is 11.3 Å². The summed E-state index contributed by atoms with van der Waals surface area (Å²) in [6, 6.07) is 11.4. The van der Waals surface area contributed by atoms with Crippen molar-refractivity contribution in [2.75, 3.05) is 36.0 Å². The highest BCUT2D eigenvalue weighted by atomic mass is 19.1. The average molecular weight is 389 g/mol. The van der Waals surface area contributed by atoms with Gasteiger partial charge in [-0.15, -0.1) is 0 Å². The molecule has 8 heteroatoms. The molecule has 0 atom stereocenters. The number of halogens is 1. The van der Waals surface area contributed by atoms with Gasteiger partial charge in [0.15, 0.2) is 17.5 Å². The zero-order chi connectivity index (χ0) is 19.8. The van der Waals surface area contributed by atoms with E-state index in [4.69, 9.17) is 0 Å². The molecule has 29 heavy (non-hydrogen) atoms. The summed E-state index contributed by atoms with van der Waals surface area (Å²) < 4.78 is 17.0. The van der Waals surface area contributed by atoms with Crippen LogP contribution in [0.25, 0.3) is 16.8 Å². The second-order valence-corrected chi connectivity index (χ2v) is 7.07. The van der Waals surface area contributed by atoms with Crippen molar-refractivity contribution in [3.63, 3.8) is 0 Å². The molecule has 1 aromatic carbocycles. The molecule has 1 fully saturated rings. The molecule has 5 rings (SSSR count). The van der Waals surface area contributed by atoms with Crippen molar-refractivity contribution >= 4 is 17.2 Å². The van der Waals surface area contributed by atoms with Gasteiger partial charge >= 0.3 is 0 Å². The molecule has 1 aliphatic heterocycles. The predicted molar refractivity (Wildman–Crippen MR) is 110 cm³/mol. The third-order valence-corrected chi connectivity index (χ3v) is 5.19. The van der Waals surface area contributed by atoms with Gasteiger partial charge in [0.25, 0.3) is 0 Å². The third-order valence-electron chi connectivity index (χ3n) is 5.19. The van der Waals surface area contributed by atoms with Gasteiger partial charge in [0.05, 0.1) is 5.69 Å². The van der Waals surface area contributed by atoms with Crippen LogP contribution in [-0.4, -0.2) is 50.7 Å². The van der Waals surface area contributed by atoms with Gasteiger partial charge in [-0.2, -0.15) is 5.10 Å². The number of piperazine rings is 1. The van der Waals surface area contributed by atoms with Crippen molar-refractivity contribution in [1.29, 1.82) is 0 Å². The monoisotopic (exact) mass is 389 g/mol. The molecule has 1 saturated heterocycles. The Morgan fingerprint density at radius 2 is 1.62 bits per heavy atom. The Morgan fingerprint density at radius 1 is 0.897 bits per heavy atom. The van der Waals surface area contributed by atoms with Crippen molar-refractivity contribution in [1.82, 2.24) is 24.6 Å². The van der Waals surface area contributed by atoms with Crippen molar-refractivity contribution < 1.29 is 4.39 Å². The quantitative estimate of drug-likeness (QED) is 0.537. The van der Waals surface area contributed by atoms with Gasteiger partial charge < -0.3 is 9.80 Å². The van der Waals surface area contributed by atoms with E-state index in [9.17, 15) is 0 Å². The molecule has 0 aliphatic carbocycles. The summed E-state index contributed by atoms with van der Waals surface area (Å²) in [5, 5.41) is 4.45. The molecule has 1 aliphatic rings. The number of anilines is 2. The van der Waals surface area contributed by atoms with E-state index >= 15 is 4.39 Å². The highest BCUT2D eigenvalue weighted by Crippen LogP contribution is 2.28. The van der Waals surface area contributed by atoms with Crippen LogP contribution in [0, 0.1) is 12.7 Å². The van der Waals surface area contributed by atoms with Crippen LogP contribution < -0.4 is 9.80 Å². The van der Waals surface area contributed by atoms with E-state index in [1.807, 2.05) is 58.9 Å². The van der Waals surface area contributed by atoms with E-state index in [2.05, 4.69) is 25.0 Å². The number of hydrogen-bond acceptors (Lipinski definition) is 6. The van der Waals surface area contributed by atoms with Crippen LogP contribution in [0.3, 0.4) is 0 Å². The third kappa shape index (κ3) is 3.16. The highest BCUT2D eigenvalue weighted by molar-refractivity contribution is 5.70. The maximum atomic E-state index is 15.2. The Morgan fingerprint density at radius 3 is 2.38 bits per heavy atom. The zero-order valence-corrected chi connectivity index (χ0v) is 16.0. The van der Waals surface area contributed by atoms with E-state index in [0.717, 1.165) is 35.7 Å². The maximum Gasteiger partial charge on any atom is 0.191 e. The summed E-state index contributed by atoms with van der Waals surface area (Å²) in [4.78, 5) is 17.1. The minimum absolute atomic E-state index is 0.333. The van der Waals surface area contributed by atoms with Crippen molar-refractivity contribution in [3.05, 3.63) is 66.6 Å². The minimum atomic E-state index is -0.376. The van der Waals surface area contributed by atoms with Crippen LogP contribution in [0.15, 0.2) is 55.1 Å². The maximum absolute atomic E-state index is 15.2. The Bertz CT molecular complexity index is 1150. The Labute approximate surface area is 167 Å². The molecule has 0 amide bonds. The molecule has 4 aromatic rings.